The van der Waals surface area contributed by atoms with Gasteiger partial charge in [0.1, 0.15) is 11.2 Å². The van der Waals surface area contributed by atoms with E-state index in [-0.39, 0.29) is 0 Å². The molecular weight excluding hydrogens is 775 g/mol. The van der Waals surface area contributed by atoms with Gasteiger partial charge in [0.15, 0.2) is 0 Å². The summed E-state index contributed by atoms with van der Waals surface area (Å²) >= 11 is 0. The van der Waals surface area contributed by atoms with Crippen LogP contribution in [0, 0.1) is 0 Å². The molecule has 0 saturated carbocycles. The third kappa shape index (κ3) is 6.61. The number of furan rings is 1. The zero-order chi connectivity index (χ0) is 42.4. The molecule has 11 aromatic carbocycles. The second kappa shape index (κ2) is 15.8. The first kappa shape index (κ1) is 37.3. The van der Waals surface area contributed by atoms with Gasteiger partial charge in [0.2, 0.25) is 0 Å². The van der Waals surface area contributed by atoms with Gasteiger partial charge in [-0.05, 0) is 120 Å². The van der Waals surface area contributed by atoms with Gasteiger partial charge in [-0.2, -0.15) is 0 Å². The minimum absolute atomic E-state index is 0.884. The summed E-state index contributed by atoms with van der Waals surface area (Å²) < 4.78 is 6.37. The quantitative estimate of drug-likeness (QED) is 0.142. The standard InChI is InChI=1S/C62H41NO/c1-3-15-42(16-4-1)43-29-31-44(32-30-43)45-33-36-50(37-34-45)63(51-21-13-20-47(39-51)54-26-14-28-61-62(54)57-25-11-12-27-60(57)64-61)59-41-49(35-38-53(59)46-17-5-2-6-18-46)58-40-48-19-7-8-22-52(48)55-23-9-10-24-56(55)58/h1-41H. The molecule has 0 fully saturated rings. The molecule has 12 aromatic rings. The van der Waals surface area contributed by atoms with E-state index < -0.39 is 0 Å². The third-order valence-electron chi connectivity index (χ3n) is 12.7. The van der Waals surface area contributed by atoms with Crippen LogP contribution in [-0.2, 0) is 0 Å². The van der Waals surface area contributed by atoms with Gasteiger partial charge < -0.3 is 9.32 Å². The Bertz CT molecular complexity index is 3640. The number of hydrogen-bond acceptors (Lipinski definition) is 2. The number of hydrogen-bond donors (Lipinski definition) is 0. The van der Waals surface area contributed by atoms with Gasteiger partial charge in [0, 0.05) is 27.7 Å². The van der Waals surface area contributed by atoms with Crippen LogP contribution in [0.15, 0.2) is 253 Å². The Morgan fingerprint density at radius 2 is 0.797 bits per heavy atom. The fourth-order valence-electron chi connectivity index (χ4n) is 9.58. The lowest BCUT2D eigenvalue weighted by molar-refractivity contribution is 0.669. The van der Waals surface area contributed by atoms with E-state index in [1.165, 1.54) is 43.8 Å². The molecule has 1 heterocycles. The number of fused-ring (bicyclic) bond motifs is 6. The van der Waals surface area contributed by atoms with Gasteiger partial charge in [-0.3, -0.25) is 0 Å². The SMILES string of the molecule is c1ccc(-c2ccc(-c3ccc(N(c4cccc(-c5cccc6oc7ccccc7c56)c4)c4cc(-c5cc6ccccc6c6ccccc56)ccc4-c4ccccc4)cc3)cc2)cc1. The summed E-state index contributed by atoms with van der Waals surface area (Å²) in [7, 11) is 0. The molecule has 0 aliphatic rings. The Morgan fingerprint density at radius 1 is 0.266 bits per heavy atom. The highest BCUT2D eigenvalue weighted by molar-refractivity contribution is 6.15. The van der Waals surface area contributed by atoms with Gasteiger partial charge in [0.25, 0.3) is 0 Å². The van der Waals surface area contributed by atoms with Crippen molar-refractivity contribution in [1.82, 2.24) is 0 Å². The van der Waals surface area contributed by atoms with Crippen molar-refractivity contribution in [2.24, 2.45) is 0 Å². The number of para-hydroxylation sites is 1. The molecular formula is C62H41NO. The van der Waals surface area contributed by atoms with E-state index in [1.807, 2.05) is 6.07 Å². The Morgan fingerprint density at radius 3 is 1.55 bits per heavy atom. The summed E-state index contributed by atoms with van der Waals surface area (Å²) in [5, 5.41) is 7.21. The van der Waals surface area contributed by atoms with E-state index in [0.717, 1.165) is 72.4 Å². The molecule has 300 valence electrons. The molecule has 0 N–H and O–H groups in total. The molecule has 0 aliphatic heterocycles. The zero-order valence-corrected chi connectivity index (χ0v) is 35.0. The third-order valence-corrected chi connectivity index (χ3v) is 12.7. The molecule has 12 rings (SSSR count). The molecule has 64 heavy (non-hydrogen) atoms. The molecule has 2 heteroatoms. The lowest BCUT2D eigenvalue weighted by Crippen LogP contribution is -2.11. The maximum Gasteiger partial charge on any atom is 0.136 e. The molecule has 1 aromatic heterocycles. The normalized spacial score (nSPS) is 11.4. The summed E-state index contributed by atoms with van der Waals surface area (Å²) in [5.74, 6) is 0. The lowest BCUT2D eigenvalue weighted by atomic mass is 9.91. The summed E-state index contributed by atoms with van der Waals surface area (Å²) in [6, 6.07) is 89.8. The lowest BCUT2D eigenvalue weighted by Gasteiger charge is -2.29. The molecule has 0 spiro atoms. The van der Waals surface area contributed by atoms with Crippen molar-refractivity contribution >= 4 is 60.5 Å². The summed E-state index contributed by atoms with van der Waals surface area (Å²) in [6.07, 6.45) is 0. The Balaban J connectivity index is 1.06. The van der Waals surface area contributed by atoms with Crippen LogP contribution in [0.2, 0.25) is 0 Å². The van der Waals surface area contributed by atoms with Crippen LogP contribution in [0.5, 0.6) is 0 Å². The molecule has 0 amide bonds. The fourth-order valence-corrected chi connectivity index (χ4v) is 9.58. The first-order chi connectivity index (χ1) is 31.7. The van der Waals surface area contributed by atoms with E-state index in [9.17, 15) is 0 Å². The Kier molecular flexibility index (Phi) is 9.20. The van der Waals surface area contributed by atoms with Crippen molar-refractivity contribution in [2.45, 2.75) is 0 Å². The van der Waals surface area contributed by atoms with Crippen molar-refractivity contribution in [3.8, 4) is 55.6 Å². The number of rotatable bonds is 8. The maximum atomic E-state index is 6.37. The summed E-state index contributed by atoms with van der Waals surface area (Å²) in [6.45, 7) is 0. The van der Waals surface area contributed by atoms with E-state index in [4.69, 9.17) is 4.42 Å². The molecule has 0 unspecified atom stereocenters. The monoisotopic (exact) mass is 815 g/mol. The highest BCUT2D eigenvalue weighted by Gasteiger charge is 2.21. The van der Waals surface area contributed by atoms with E-state index >= 15 is 0 Å². The van der Waals surface area contributed by atoms with Crippen molar-refractivity contribution in [1.29, 1.82) is 0 Å². The highest BCUT2D eigenvalue weighted by Crippen LogP contribution is 2.46. The molecule has 0 bridgehead atoms. The van der Waals surface area contributed by atoms with Crippen LogP contribution in [0.1, 0.15) is 0 Å². The molecule has 2 nitrogen and oxygen atoms in total. The topological polar surface area (TPSA) is 16.4 Å². The van der Waals surface area contributed by atoms with Gasteiger partial charge in [0.05, 0.1) is 5.69 Å². The average Bonchev–Trinajstić information content (AvgIpc) is 3.76. The van der Waals surface area contributed by atoms with Crippen LogP contribution >= 0.6 is 0 Å². The maximum absolute atomic E-state index is 6.37. The predicted octanol–water partition coefficient (Wildman–Crippen LogP) is 17.7. The van der Waals surface area contributed by atoms with Crippen LogP contribution in [0.25, 0.3) is 99.1 Å². The van der Waals surface area contributed by atoms with E-state index in [2.05, 4.69) is 248 Å². The minimum Gasteiger partial charge on any atom is -0.456 e. The first-order valence-electron chi connectivity index (χ1n) is 21.9. The first-order valence-corrected chi connectivity index (χ1v) is 21.9. The van der Waals surface area contributed by atoms with Gasteiger partial charge in [-0.25, -0.2) is 0 Å². The average molecular weight is 816 g/mol. The summed E-state index contributed by atoms with van der Waals surface area (Å²) in [5.41, 5.74) is 16.7. The van der Waals surface area contributed by atoms with Crippen LogP contribution in [0.3, 0.4) is 0 Å². The van der Waals surface area contributed by atoms with Crippen LogP contribution in [-0.4, -0.2) is 0 Å². The van der Waals surface area contributed by atoms with E-state index in [1.54, 1.807) is 0 Å². The number of nitrogens with zero attached hydrogens (tertiary/aromatic N) is 1. The van der Waals surface area contributed by atoms with Crippen molar-refractivity contribution < 1.29 is 4.42 Å². The predicted molar refractivity (Wildman–Crippen MR) is 271 cm³/mol. The van der Waals surface area contributed by atoms with Crippen molar-refractivity contribution in [3.63, 3.8) is 0 Å². The molecule has 0 aliphatic carbocycles. The molecule has 0 radical (unpaired) electrons. The smallest absolute Gasteiger partial charge is 0.136 e. The largest absolute Gasteiger partial charge is 0.456 e. The molecule has 0 atom stereocenters. The Hall–Kier alpha value is -8.46. The second-order valence-corrected chi connectivity index (χ2v) is 16.4. The Labute approximate surface area is 372 Å². The van der Waals surface area contributed by atoms with E-state index in [0.29, 0.717) is 0 Å². The summed E-state index contributed by atoms with van der Waals surface area (Å²) in [4.78, 5) is 2.44. The van der Waals surface area contributed by atoms with Gasteiger partial charge in [-0.15, -0.1) is 0 Å². The minimum atomic E-state index is 0.884. The zero-order valence-electron chi connectivity index (χ0n) is 35.0. The van der Waals surface area contributed by atoms with Crippen LogP contribution < -0.4 is 4.90 Å². The van der Waals surface area contributed by atoms with Crippen molar-refractivity contribution in [2.75, 3.05) is 4.90 Å². The van der Waals surface area contributed by atoms with Gasteiger partial charge in [-0.1, -0.05) is 200 Å². The molecule has 0 saturated heterocycles. The second-order valence-electron chi connectivity index (χ2n) is 16.4. The fraction of sp³-hybridized carbons (Fsp3) is 0. The number of anilines is 3. The van der Waals surface area contributed by atoms with Crippen molar-refractivity contribution in [3.05, 3.63) is 249 Å². The van der Waals surface area contributed by atoms with Crippen LogP contribution in [0.4, 0.5) is 17.1 Å². The highest BCUT2D eigenvalue weighted by atomic mass is 16.3. The van der Waals surface area contributed by atoms with Gasteiger partial charge >= 0.3 is 0 Å². The number of benzene rings is 11.